The number of amides is 2. The molecule has 2 aromatic rings. The number of primary amides is 1. The van der Waals surface area contributed by atoms with Crippen molar-refractivity contribution in [2.45, 2.75) is 6.92 Å². The Kier molecular flexibility index (Phi) is 4.81. The molecule has 0 bridgehead atoms. The number of hydrogen-bond donors (Lipinski definition) is 2. The lowest BCUT2D eigenvalue weighted by Crippen LogP contribution is -2.15. The summed E-state index contributed by atoms with van der Waals surface area (Å²) in [6.45, 7) is 1.57. The van der Waals surface area contributed by atoms with Gasteiger partial charge in [0.1, 0.15) is 5.82 Å². The van der Waals surface area contributed by atoms with Crippen LogP contribution in [0.1, 0.15) is 21.5 Å². The molecule has 0 aliphatic carbocycles. The van der Waals surface area contributed by atoms with E-state index in [4.69, 9.17) is 26.8 Å². The van der Waals surface area contributed by atoms with Crippen molar-refractivity contribution < 1.29 is 23.5 Å². The summed E-state index contributed by atoms with van der Waals surface area (Å²) in [5.74, 6) is -0.983. The maximum atomic E-state index is 13.9. The van der Waals surface area contributed by atoms with Crippen LogP contribution in [-0.2, 0) is 4.79 Å². The van der Waals surface area contributed by atoms with Crippen LogP contribution in [0.3, 0.4) is 0 Å². The quantitative estimate of drug-likeness (QED) is 0.801. The van der Waals surface area contributed by atoms with Crippen molar-refractivity contribution in [2.75, 3.05) is 12.1 Å². The molecule has 1 aliphatic rings. The Balaban J connectivity index is 1.78. The minimum absolute atomic E-state index is 0.0325. The smallest absolute Gasteiger partial charge is 0.248 e. The van der Waals surface area contributed by atoms with E-state index in [0.29, 0.717) is 22.1 Å². The maximum absolute atomic E-state index is 13.9. The summed E-state index contributed by atoms with van der Waals surface area (Å²) in [5, 5.41) is 2.89. The molecular weight excluding hydrogens is 363 g/mol. The van der Waals surface area contributed by atoms with E-state index in [-0.39, 0.29) is 23.6 Å². The third-order valence-electron chi connectivity index (χ3n) is 3.76. The van der Waals surface area contributed by atoms with E-state index >= 15 is 0 Å². The van der Waals surface area contributed by atoms with Gasteiger partial charge in [0.15, 0.2) is 11.5 Å². The first-order valence-electron chi connectivity index (χ1n) is 7.53. The van der Waals surface area contributed by atoms with Crippen LogP contribution in [0.2, 0.25) is 5.02 Å². The molecule has 0 saturated heterocycles. The number of anilines is 1. The molecule has 0 unspecified atom stereocenters. The Hall–Kier alpha value is -3.06. The number of hydrogen-bond acceptors (Lipinski definition) is 4. The molecule has 1 aliphatic heterocycles. The molecule has 0 spiro atoms. The third kappa shape index (κ3) is 3.62. The van der Waals surface area contributed by atoms with Crippen molar-refractivity contribution in [3.05, 3.63) is 57.9 Å². The van der Waals surface area contributed by atoms with E-state index in [9.17, 15) is 14.0 Å². The molecule has 0 fully saturated rings. The second-order valence-corrected chi connectivity index (χ2v) is 5.96. The Bertz CT molecular complexity index is 943. The predicted molar refractivity (Wildman–Crippen MR) is 94.9 cm³/mol. The zero-order chi connectivity index (χ0) is 18.8. The van der Waals surface area contributed by atoms with E-state index in [1.54, 1.807) is 12.1 Å². The van der Waals surface area contributed by atoms with E-state index in [1.165, 1.54) is 25.1 Å². The van der Waals surface area contributed by atoms with Crippen molar-refractivity contribution in [2.24, 2.45) is 5.73 Å². The normalized spacial score (nSPS) is 12.4. The Morgan fingerprint density at radius 1 is 1.27 bits per heavy atom. The molecular formula is C18H14ClFN2O4. The Labute approximate surface area is 153 Å². The van der Waals surface area contributed by atoms with Crippen molar-refractivity contribution in [3.8, 4) is 11.5 Å². The van der Waals surface area contributed by atoms with Gasteiger partial charge in [-0.25, -0.2) is 4.39 Å². The number of nitrogens with two attached hydrogens (primary N) is 1. The average Bonchev–Trinajstić information content (AvgIpc) is 3.06. The van der Waals surface area contributed by atoms with Crippen LogP contribution in [0.5, 0.6) is 11.5 Å². The van der Waals surface area contributed by atoms with Gasteiger partial charge in [0.25, 0.3) is 0 Å². The van der Waals surface area contributed by atoms with E-state index in [0.717, 1.165) is 6.07 Å². The summed E-state index contributed by atoms with van der Waals surface area (Å²) < 4.78 is 24.3. The highest BCUT2D eigenvalue weighted by molar-refractivity contribution is 6.32. The fourth-order valence-corrected chi connectivity index (χ4v) is 2.65. The van der Waals surface area contributed by atoms with Gasteiger partial charge in [-0.05, 0) is 42.8 Å². The zero-order valence-electron chi connectivity index (χ0n) is 13.6. The van der Waals surface area contributed by atoms with Crippen molar-refractivity contribution >= 4 is 35.2 Å². The topological polar surface area (TPSA) is 90.7 Å². The number of fused-ring (bicyclic) bond motifs is 1. The molecule has 2 amide bonds. The SMILES string of the molecule is Cc1c(F)cc(C(N)=O)cc1NC(=O)/C=C/c1cc(Cl)c2c(c1)OCO2. The second kappa shape index (κ2) is 7.05. The number of ether oxygens (including phenoxy) is 2. The standard InChI is InChI=1S/C18H14ClFN2O4/c1-9-13(20)6-11(18(21)24)7-14(9)22-16(23)3-2-10-4-12(19)17-15(5-10)25-8-26-17/h2-7H,8H2,1H3,(H2,21,24)(H,22,23)/b3-2+. The minimum atomic E-state index is -0.787. The zero-order valence-corrected chi connectivity index (χ0v) is 14.4. The summed E-state index contributed by atoms with van der Waals surface area (Å²) in [4.78, 5) is 23.4. The van der Waals surface area contributed by atoms with Crippen LogP contribution < -0.4 is 20.5 Å². The van der Waals surface area contributed by atoms with E-state index < -0.39 is 17.6 Å². The van der Waals surface area contributed by atoms with Crippen LogP contribution in [0.4, 0.5) is 10.1 Å². The highest BCUT2D eigenvalue weighted by Gasteiger charge is 2.17. The van der Waals surface area contributed by atoms with Gasteiger partial charge in [-0.1, -0.05) is 11.6 Å². The number of carbonyl (C=O) groups is 2. The van der Waals surface area contributed by atoms with Crippen molar-refractivity contribution in [1.29, 1.82) is 0 Å². The van der Waals surface area contributed by atoms with E-state index in [2.05, 4.69) is 5.32 Å². The first kappa shape index (κ1) is 17.8. The first-order valence-corrected chi connectivity index (χ1v) is 7.91. The molecule has 0 saturated carbocycles. The number of benzene rings is 2. The number of halogens is 2. The van der Waals surface area contributed by atoms with Gasteiger partial charge in [-0.3, -0.25) is 9.59 Å². The first-order chi connectivity index (χ1) is 12.3. The van der Waals surface area contributed by atoms with Crippen LogP contribution in [0, 0.1) is 12.7 Å². The minimum Gasteiger partial charge on any atom is -0.454 e. The Morgan fingerprint density at radius 2 is 2.04 bits per heavy atom. The molecule has 134 valence electrons. The fourth-order valence-electron chi connectivity index (χ4n) is 2.38. The summed E-state index contributed by atoms with van der Waals surface area (Å²) in [6.07, 6.45) is 2.77. The van der Waals surface area contributed by atoms with Crippen molar-refractivity contribution in [1.82, 2.24) is 0 Å². The third-order valence-corrected chi connectivity index (χ3v) is 4.04. The highest BCUT2D eigenvalue weighted by Crippen LogP contribution is 2.40. The molecule has 3 N–H and O–H groups in total. The van der Waals surface area contributed by atoms with Gasteiger partial charge in [0, 0.05) is 22.9 Å². The lowest BCUT2D eigenvalue weighted by molar-refractivity contribution is -0.111. The van der Waals surface area contributed by atoms with Crippen LogP contribution >= 0.6 is 11.6 Å². The molecule has 0 aromatic heterocycles. The van der Waals surface area contributed by atoms with Crippen LogP contribution in [0.25, 0.3) is 6.08 Å². The van der Waals surface area contributed by atoms with Gasteiger partial charge in [-0.2, -0.15) is 0 Å². The predicted octanol–water partition coefficient (Wildman–Crippen LogP) is 3.27. The fraction of sp³-hybridized carbons (Fsp3) is 0.111. The van der Waals surface area contributed by atoms with Crippen LogP contribution in [0.15, 0.2) is 30.3 Å². The molecule has 3 rings (SSSR count). The molecule has 0 radical (unpaired) electrons. The van der Waals surface area contributed by atoms with Gasteiger partial charge in [-0.15, -0.1) is 0 Å². The lowest BCUT2D eigenvalue weighted by Gasteiger charge is -2.09. The van der Waals surface area contributed by atoms with Gasteiger partial charge >= 0.3 is 0 Å². The second-order valence-electron chi connectivity index (χ2n) is 5.55. The summed E-state index contributed by atoms with van der Waals surface area (Å²) in [6, 6.07) is 5.65. The molecule has 26 heavy (non-hydrogen) atoms. The van der Waals surface area contributed by atoms with Crippen molar-refractivity contribution in [3.63, 3.8) is 0 Å². The molecule has 1 heterocycles. The Morgan fingerprint density at radius 3 is 2.77 bits per heavy atom. The number of carbonyl (C=O) groups excluding carboxylic acids is 2. The van der Waals surface area contributed by atoms with E-state index in [1.807, 2.05) is 0 Å². The molecule has 0 atom stereocenters. The lowest BCUT2D eigenvalue weighted by atomic mass is 10.1. The van der Waals surface area contributed by atoms with Gasteiger partial charge in [0.2, 0.25) is 18.6 Å². The monoisotopic (exact) mass is 376 g/mol. The molecule has 2 aromatic carbocycles. The largest absolute Gasteiger partial charge is 0.454 e. The molecule has 6 nitrogen and oxygen atoms in total. The highest BCUT2D eigenvalue weighted by atomic mass is 35.5. The number of nitrogens with one attached hydrogen (secondary N) is 1. The summed E-state index contributed by atoms with van der Waals surface area (Å²) in [5.41, 5.74) is 6.12. The maximum Gasteiger partial charge on any atom is 0.248 e. The summed E-state index contributed by atoms with van der Waals surface area (Å²) >= 11 is 6.08. The average molecular weight is 377 g/mol. The van der Waals surface area contributed by atoms with Gasteiger partial charge in [0.05, 0.1) is 5.02 Å². The van der Waals surface area contributed by atoms with Crippen LogP contribution in [-0.4, -0.2) is 18.6 Å². The number of rotatable bonds is 4. The molecule has 8 heteroatoms. The summed E-state index contributed by atoms with van der Waals surface area (Å²) in [7, 11) is 0. The van der Waals surface area contributed by atoms with Gasteiger partial charge < -0.3 is 20.5 Å².